The van der Waals surface area contributed by atoms with Crippen LogP contribution < -0.4 is 10.6 Å². The average molecular weight is 371 g/mol. The summed E-state index contributed by atoms with van der Waals surface area (Å²) >= 11 is 0. The highest BCUT2D eigenvalue weighted by Crippen LogP contribution is 2.04. The molecule has 0 aliphatic rings. The molecule has 0 aromatic heterocycles. The van der Waals surface area contributed by atoms with Crippen molar-refractivity contribution in [2.24, 2.45) is 10.9 Å². The van der Waals surface area contributed by atoms with Crippen LogP contribution in [0.25, 0.3) is 0 Å². The molecule has 0 aliphatic carbocycles. The zero-order chi connectivity index (χ0) is 13.1. The van der Waals surface area contributed by atoms with Crippen molar-refractivity contribution in [1.82, 2.24) is 10.6 Å². The van der Waals surface area contributed by atoms with E-state index < -0.39 is 0 Å². The molecular formula is C13H30IN3O. The number of rotatable bonds is 8. The van der Waals surface area contributed by atoms with E-state index in [2.05, 4.69) is 36.4 Å². The molecule has 2 N–H and O–H groups in total. The van der Waals surface area contributed by atoms with E-state index in [1.54, 1.807) is 14.2 Å². The second kappa shape index (κ2) is 13.4. The fraction of sp³-hybridized carbons (Fsp3) is 0.923. The number of nitrogens with one attached hydrogen (secondary N) is 2. The van der Waals surface area contributed by atoms with Crippen LogP contribution >= 0.6 is 24.0 Å². The van der Waals surface area contributed by atoms with Crippen molar-refractivity contribution in [2.45, 2.75) is 46.1 Å². The first-order chi connectivity index (χ1) is 8.10. The first-order valence-corrected chi connectivity index (χ1v) is 6.56. The van der Waals surface area contributed by atoms with E-state index in [1.807, 2.05) is 0 Å². The number of methoxy groups -OCH3 is 1. The molecule has 0 aromatic rings. The molecule has 0 aromatic carbocycles. The molecule has 0 radical (unpaired) electrons. The van der Waals surface area contributed by atoms with Gasteiger partial charge >= 0.3 is 0 Å². The molecule has 5 heteroatoms. The van der Waals surface area contributed by atoms with Gasteiger partial charge in [0.25, 0.3) is 0 Å². The Morgan fingerprint density at radius 1 is 1.22 bits per heavy atom. The Balaban J connectivity index is 0. The Morgan fingerprint density at radius 2 is 1.89 bits per heavy atom. The molecule has 0 saturated heterocycles. The van der Waals surface area contributed by atoms with Gasteiger partial charge in [0, 0.05) is 26.7 Å². The number of guanidine groups is 1. The topological polar surface area (TPSA) is 45.7 Å². The summed E-state index contributed by atoms with van der Waals surface area (Å²) in [6.45, 7) is 8.27. The Hall–Kier alpha value is -0.0400. The quantitative estimate of drug-likeness (QED) is 0.298. The molecule has 4 nitrogen and oxygen atoms in total. The lowest BCUT2D eigenvalue weighted by Crippen LogP contribution is -2.44. The maximum Gasteiger partial charge on any atom is 0.191 e. The van der Waals surface area contributed by atoms with Crippen LogP contribution in [-0.2, 0) is 4.74 Å². The van der Waals surface area contributed by atoms with Gasteiger partial charge in [-0.25, -0.2) is 0 Å². The molecule has 0 heterocycles. The minimum atomic E-state index is 0. The summed E-state index contributed by atoms with van der Waals surface area (Å²) in [5, 5.41) is 6.60. The molecule has 0 fully saturated rings. The van der Waals surface area contributed by atoms with Crippen molar-refractivity contribution >= 4 is 29.9 Å². The predicted octanol–water partition coefficient (Wildman–Crippen LogP) is 2.63. The summed E-state index contributed by atoms with van der Waals surface area (Å²) in [5.74, 6) is 1.66. The van der Waals surface area contributed by atoms with Crippen LogP contribution in [-0.4, -0.2) is 39.3 Å². The summed E-state index contributed by atoms with van der Waals surface area (Å²) in [5.41, 5.74) is 0. The molecule has 18 heavy (non-hydrogen) atoms. The molecule has 1 atom stereocenters. The second-order valence-corrected chi connectivity index (χ2v) is 4.89. The van der Waals surface area contributed by atoms with Crippen LogP contribution in [0.4, 0.5) is 0 Å². The van der Waals surface area contributed by atoms with Gasteiger partial charge in [-0.15, -0.1) is 24.0 Å². The number of nitrogens with zero attached hydrogens (tertiary/aromatic N) is 1. The van der Waals surface area contributed by atoms with E-state index in [1.165, 1.54) is 19.3 Å². The third-order valence-electron chi connectivity index (χ3n) is 2.52. The molecule has 0 rings (SSSR count). The maximum absolute atomic E-state index is 5.07. The summed E-state index contributed by atoms with van der Waals surface area (Å²) < 4.78 is 5.07. The summed E-state index contributed by atoms with van der Waals surface area (Å²) in [6.07, 6.45) is 3.76. The monoisotopic (exact) mass is 371 g/mol. The Labute approximate surface area is 129 Å². The Kier molecular flexibility index (Phi) is 15.1. The lowest BCUT2D eigenvalue weighted by Gasteiger charge is -2.17. The molecular weight excluding hydrogens is 341 g/mol. The lowest BCUT2D eigenvalue weighted by atomic mass is 10.1. The van der Waals surface area contributed by atoms with Gasteiger partial charge in [0.2, 0.25) is 0 Å². The molecule has 0 bridgehead atoms. The number of halogens is 1. The number of aliphatic imine (C=N–C) groups is 1. The standard InChI is InChI=1S/C13H29N3O.HI/c1-11(2)8-6-7-9-15-13(14-4)16-12(3)10-17-5;/h11-12H,6-10H2,1-5H3,(H2,14,15,16);1H. The largest absolute Gasteiger partial charge is 0.383 e. The van der Waals surface area contributed by atoms with Gasteiger partial charge in [0.15, 0.2) is 5.96 Å². The predicted molar refractivity (Wildman–Crippen MR) is 89.9 cm³/mol. The highest BCUT2D eigenvalue weighted by atomic mass is 127. The molecule has 1 unspecified atom stereocenters. The van der Waals surface area contributed by atoms with Crippen LogP contribution in [0.1, 0.15) is 40.0 Å². The minimum absolute atomic E-state index is 0. The first-order valence-electron chi connectivity index (χ1n) is 6.56. The van der Waals surface area contributed by atoms with E-state index in [0.717, 1.165) is 18.4 Å². The fourth-order valence-corrected chi connectivity index (χ4v) is 1.60. The van der Waals surface area contributed by atoms with Crippen molar-refractivity contribution in [1.29, 1.82) is 0 Å². The van der Waals surface area contributed by atoms with Gasteiger partial charge in [-0.1, -0.05) is 26.7 Å². The van der Waals surface area contributed by atoms with Crippen molar-refractivity contribution in [3.8, 4) is 0 Å². The van der Waals surface area contributed by atoms with Crippen LogP contribution in [0.3, 0.4) is 0 Å². The second-order valence-electron chi connectivity index (χ2n) is 4.89. The van der Waals surface area contributed by atoms with Crippen LogP contribution in [0.5, 0.6) is 0 Å². The number of hydrogen-bond acceptors (Lipinski definition) is 2. The first kappa shape index (κ1) is 20.3. The highest BCUT2D eigenvalue weighted by Gasteiger charge is 2.03. The Morgan fingerprint density at radius 3 is 2.39 bits per heavy atom. The van der Waals surface area contributed by atoms with E-state index in [9.17, 15) is 0 Å². The van der Waals surface area contributed by atoms with Crippen molar-refractivity contribution in [3.05, 3.63) is 0 Å². The summed E-state index contributed by atoms with van der Waals surface area (Å²) in [6, 6.07) is 0.280. The van der Waals surface area contributed by atoms with Crippen molar-refractivity contribution < 1.29 is 4.74 Å². The van der Waals surface area contributed by atoms with E-state index in [0.29, 0.717) is 6.61 Å². The fourth-order valence-electron chi connectivity index (χ4n) is 1.60. The Bertz CT molecular complexity index is 210. The van der Waals surface area contributed by atoms with E-state index in [-0.39, 0.29) is 30.0 Å². The molecule has 0 amide bonds. The maximum atomic E-state index is 5.07. The SMILES string of the molecule is CN=C(NCCCCC(C)C)NC(C)COC.I. The summed E-state index contributed by atoms with van der Waals surface area (Å²) in [4.78, 5) is 4.18. The number of unbranched alkanes of at least 4 members (excludes halogenated alkanes) is 1. The highest BCUT2D eigenvalue weighted by molar-refractivity contribution is 14.0. The number of ether oxygens (including phenoxy) is 1. The van der Waals surface area contributed by atoms with Crippen molar-refractivity contribution in [3.63, 3.8) is 0 Å². The van der Waals surface area contributed by atoms with E-state index >= 15 is 0 Å². The average Bonchev–Trinajstić information content (AvgIpc) is 2.27. The van der Waals surface area contributed by atoms with Crippen LogP contribution in [0.15, 0.2) is 4.99 Å². The number of hydrogen-bond donors (Lipinski definition) is 2. The molecule has 110 valence electrons. The van der Waals surface area contributed by atoms with Gasteiger partial charge in [-0.2, -0.15) is 0 Å². The van der Waals surface area contributed by atoms with Crippen LogP contribution in [0, 0.1) is 5.92 Å². The normalized spacial score (nSPS) is 13.1. The zero-order valence-electron chi connectivity index (χ0n) is 12.5. The van der Waals surface area contributed by atoms with Crippen molar-refractivity contribution in [2.75, 3.05) is 27.3 Å². The van der Waals surface area contributed by atoms with Gasteiger partial charge in [0.1, 0.15) is 0 Å². The lowest BCUT2D eigenvalue weighted by molar-refractivity contribution is 0.179. The van der Waals surface area contributed by atoms with Gasteiger partial charge in [0.05, 0.1) is 6.61 Å². The molecule has 0 spiro atoms. The summed E-state index contributed by atoms with van der Waals surface area (Å²) in [7, 11) is 3.50. The van der Waals surface area contributed by atoms with Gasteiger partial charge < -0.3 is 15.4 Å². The molecule has 0 saturated carbocycles. The smallest absolute Gasteiger partial charge is 0.191 e. The van der Waals surface area contributed by atoms with E-state index in [4.69, 9.17) is 4.74 Å². The third-order valence-corrected chi connectivity index (χ3v) is 2.52. The zero-order valence-corrected chi connectivity index (χ0v) is 14.8. The minimum Gasteiger partial charge on any atom is -0.383 e. The third kappa shape index (κ3) is 12.4. The van der Waals surface area contributed by atoms with Crippen LogP contribution in [0.2, 0.25) is 0 Å². The van der Waals surface area contributed by atoms with Gasteiger partial charge in [-0.3, -0.25) is 4.99 Å². The molecule has 0 aliphatic heterocycles. The van der Waals surface area contributed by atoms with Gasteiger partial charge in [-0.05, 0) is 19.3 Å².